The molecule has 35 heavy (non-hydrogen) atoms. The van der Waals surface area contributed by atoms with E-state index >= 15 is 0 Å². The molecule has 0 unspecified atom stereocenters. The summed E-state index contributed by atoms with van der Waals surface area (Å²) in [6.07, 6.45) is 1.43. The number of guanidine groups is 1. The van der Waals surface area contributed by atoms with Crippen LogP contribution in [0.1, 0.15) is 73.1 Å². The first-order chi connectivity index (χ1) is 16.6. The van der Waals surface area contributed by atoms with Crippen molar-refractivity contribution in [2.24, 2.45) is 5.92 Å². The smallest absolute Gasteiger partial charge is 0.251 e. The normalized spacial score (nSPS) is 23.9. The number of aliphatic hydroxyl groups excluding tert-OH is 1. The summed E-state index contributed by atoms with van der Waals surface area (Å²) < 4.78 is 14.5. The van der Waals surface area contributed by atoms with Crippen molar-refractivity contribution in [3.63, 3.8) is 0 Å². The minimum atomic E-state index is -0.758. The van der Waals surface area contributed by atoms with Crippen molar-refractivity contribution in [1.29, 1.82) is 5.41 Å². The van der Waals surface area contributed by atoms with Crippen LogP contribution in [-0.4, -0.2) is 39.4 Å². The van der Waals surface area contributed by atoms with Crippen LogP contribution >= 0.6 is 0 Å². The van der Waals surface area contributed by atoms with E-state index in [-0.39, 0.29) is 30.4 Å². The Bertz CT molecular complexity index is 1130. The third-order valence-corrected chi connectivity index (χ3v) is 6.97. The number of hydrogen-bond donors (Lipinski definition) is 4. The van der Waals surface area contributed by atoms with Crippen LogP contribution < -0.4 is 10.6 Å². The number of carbonyl (C=O) groups is 2. The lowest BCUT2D eigenvalue weighted by molar-refractivity contribution is -0.131. The Balaban J connectivity index is 1.50. The van der Waals surface area contributed by atoms with Crippen molar-refractivity contribution in [2.75, 3.05) is 0 Å². The molecule has 0 bridgehead atoms. The third-order valence-electron chi connectivity index (χ3n) is 6.97. The first-order valence-corrected chi connectivity index (χ1v) is 12.1. The molecule has 4 rings (SSSR count). The highest BCUT2D eigenvalue weighted by molar-refractivity contribution is 5.99. The molecule has 8 heteroatoms. The van der Waals surface area contributed by atoms with E-state index in [1.54, 1.807) is 0 Å². The van der Waals surface area contributed by atoms with E-state index in [1.165, 1.54) is 17.0 Å². The molecule has 0 radical (unpaired) electrons. The summed E-state index contributed by atoms with van der Waals surface area (Å²) in [5.74, 6) is -0.954. The van der Waals surface area contributed by atoms with Gasteiger partial charge in [0.2, 0.25) is 5.91 Å². The number of amides is 2. The molecule has 2 amide bonds. The summed E-state index contributed by atoms with van der Waals surface area (Å²) in [5.41, 5.74) is 1.88. The van der Waals surface area contributed by atoms with Crippen LogP contribution in [0.15, 0.2) is 42.5 Å². The number of halogens is 1. The van der Waals surface area contributed by atoms with E-state index in [4.69, 9.17) is 5.41 Å². The molecule has 7 nitrogen and oxygen atoms in total. The molecule has 186 valence electrons. The molecule has 1 saturated heterocycles. The monoisotopic (exact) mass is 480 g/mol. The number of benzene rings is 2. The van der Waals surface area contributed by atoms with E-state index in [2.05, 4.69) is 24.5 Å². The van der Waals surface area contributed by atoms with Gasteiger partial charge in [-0.25, -0.2) is 4.39 Å². The second-order valence-electron chi connectivity index (χ2n) is 10.1. The standard InChI is InChI=1S/C27H33FN4O3/c1-4-27(13-16(2)3)14-23(34)32(26(29)31-27)15-17-9-19(11-20(28)10-17)25(35)30-24-21-8-6-5-7-18(21)12-22(24)33/h5-11,16,22,24,33H,4,12-15H2,1-3H3,(H2,29,31)(H,30,35)/t22-,24-,27+/m1/s1. The van der Waals surface area contributed by atoms with Crippen LogP contribution in [0.3, 0.4) is 0 Å². The molecular formula is C27H33FN4O3. The molecule has 0 saturated carbocycles. The molecule has 1 heterocycles. The zero-order valence-corrected chi connectivity index (χ0v) is 20.4. The first-order valence-electron chi connectivity index (χ1n) is 12.1. The third kappa shape index (κ3) is 5.22. The van der Waals surface area contributed by atoms with Crippen molar-refractivity contribution < 1.29 is 19.1 Å². The maximum Gasteiger partial charge on any atom is 0.251 e. The Morgan fingerprint density at radius 3 is 2.74 bits per heavy atom. The average molecular weight is 481 g/mol. The number of nitrogens with one attached hydrogen (secondary N) is 3. The first kappa shape index (κ1) is 24.9. The Morgan fingerprint density at radius 2 is 2.06 bits per heavy atom. The molecule has 2 aliphatic rings. The topological polar surface area (TPSA) is 106 Å². The van der Waals surface area contributed by atoms with Gasteiger partial charge < -0.3 is 15.7 Å². The summed E-state index contributed by atoms with van der Waals surface area (Å²) in [4.78, 5) is 27.3. The summed E-state index contributed by atoms with van der Waals surface area (Å²) >= 11 is 0. The van der Waals surface area contributed by atoms with Crippen molar-refractivity contribution >= 4 is 17.8 Å². The summed E-state index contributed by atoms with van der Waals surface area (Å²) in [5, 5.41) is 24.9. The lowest BCUT2D eigenvalue weighted by Gasteiger charge is -2.43. The maximum absolute atomic E-state index is 14.5. The Hall–Kier alpha value is -3.26. The van der Waals surface area contributed by atoms with Crippen LogP contribution in [-0.2, 0) is 17.8 Å². The van der Waals surface area contributed by atoms with Gasteiger partial charge in [-0.3, -0.25) is 19.9 Å². The molecule has 1 aliphatic heterocycles. The quantitative estimate of drug-likeness (QED) is 0.485. The molecule has 0 spiro atoms. The predicted molar refractivity (Wildman–Crippen MR) is 131 cm³/mol. The van der Waals surface area contributed by atoms with Crippen LogP contribution in [0.2, 0.25) is 0 Å². The van der Waals surface area contributed by atoms with E-state index in [0.29, 0.717) is 24.3 Å². The van der Waals surface area contributed by atoms with Gasteiger partial charge >= 0.3 is 0 Å². The van der Waals surface area contributed by atoms with Crippen LogP contribution in [0.25, 0.3) is 0 Å². The molecule has 1 fully saturated rings. The number of nitrogens with zero attached hydrogens (tertiary/aromatic N) is 1. The zero-order valence-electron chi connectivity index (χ0n) is 20.4. The van der Waals surface area contributed by atoms with E-state index in [0.717, 1.165) is 23.6 Å². The van der Waals surface area contributed by atoms with Crippen LogP contribution in [0.4, 0.5) is 4.39 Å². The summed E-state index contributed by atoms with van der Waals surface area (Å²) in [7, 11) is 0. The van der Waals surface area contributed by atoms with Gasteiger partial charge in [-0.2, -0.15) is 0 Å². The highest BCUT2D eigenvalue weighted by Crippen LogP contribution is 2.32. The molecule has 2 aromatic rings. The Morgan fingerprint density at radius 1 is 1.31 bits per heavy atom. The molecule has 4 N–H and O–H groups in total. The number of rotatable bonds is 7. The van der Waals surface area contributed by atoms with Crippen molar-refractivity contribution in [3.8, 4) is 0 Å². The lowest BCUT2D eigenvalue weighted by atomic mass is 9.82. The fraction of sp³-hybridized carbons (Fsp3) is 0.444. The molecular weight excluding hydrogens is 447 g/mol. The minimum Gasteiger partial charge on any atom is -0.390 e. The zero-order chi connectivity index (χ0) is 25.3. The molecule has 0 aromatic heterocycles. The van der Waals surface area contributed by atoms with Gasteiger partial charge in [0.25, 0.3) is 5.91 Å². The largest absolute Gasteiger partial charge is 0.390 e. The van der Waals surface area contributed by atoms with Crippen molar-refractivity contribution in [3.05, 3.63) is 70.5 Å². The van der Waals surface area contributed by atoms with E-state index in [1.807, 2.05) is 31.2 Å². The minimum absolute atomic E-state index is 0.00954. The molecule has 2 aromatic carbocycles. The highest BCUT2D eigenvalue weighted by atomic mass is 19.1. The summed E-state index contributed by atoms with van der Waals surface area (Å²) in [6.45, 7) is 6.16. The summed E-state index contributed by atoms with van der Waals surface area (Å²) in [6, 6.07) is 10.9. The van der Waals surface area contributed by atoms with Gasteiger partial charge in [0.1, 0.15) is 5.82 Å². The van der Waals surface area contributed by atoms with Gasteiger partial charge in [0, 0.05) is 17.5 Å². The number of hydrogen-bond acceptors (Lipinski definition) is 4. The highest BCUT2D eigenvalue weighted by Gasteiger charge is 2.40. The van der Waals surface area contributed by atoms with E-state index < -0.39 is 29.4 Å². The van der Waals surface area contributed by atoms with Gasteiger partial charge in [0.15, 0.2) is 5.96 Å². The molecule has 3 atom stereocenters. The predicted octanol–water partition coefficient (Wildman–Crippen LogP) is 3.67. The maximum atomic E-state index is 14.5. The van der Waals surface area contributed by atoms with Crippen LogP contribution in [0, 0.1) is 17.1 Å². The number of carbonyl (C=O) groups excluding carboxylic acids is 2. The van der Waals surface area contributed by atoms with E-state index in [9.17, 15) is 19.1 Å². The Labute approximate surface area is 205 Å². The van der Waals surface area contributed by atoms with Crippen molar-refractivity contribution in [1.82, 2.24) is 15.5 Å². The fourth-order valence-electron chi connectivity index (χ4n) is 5.33. The second kappa shape index (κ2) is 9.77. The second-order valence-corrected chi connectivity index (χ2v) is 10.1. The number of fused-ring (bicyclic) bond motifs is 1. The van der Waals surface area contributed by atoms with Gasteiger partial charge in [-0.05, 0) is 53.6 Å². The lowest BCUT2D eigenvalue weighted by Crippen LogP contribution is -2.62. The van der Waals surface area contributed by atoms with Gasteiger partial charge in [-0.1, -0.05) is 45.0 Å². The van der Waals surface area contributed by atoms with Gasteiger partial charge in [-0.15, -0.1) is 0 Å². The number of aliphatic hydroxyl groups is 1. The Kier molecular flexibility index (Phi) is 6.94. The van der Waals surface area contributed by atoms with Crippen LogP contribution in [0.5, 0.6) is 0 Å². The van der Waals surface area contributed by atoms with Gasteiger partial charge in [0.05, 0.1) is 25.1 Å². The average Bonchev–Trinajstić information content (AvgIpc) is 3.10. The van der Waals surface area contributed by atoms with Crippen molar-refractivity contribution in [2.45, 2.75) is 70.7 Å². The molecule has 1 aliphatic carbocycles. The fourth-order valence-corrected chi connectivity index (χ4v) is 5.33. The SMILES string of the molecule is CC[C@]1(CC(C)C)CC(=O)N(Cc2cc(F)cc(C(=O)N[C@@H]3c4ccccc4C[C@H]3O)c2)C(=N)N1.